The molecule has 1 unspecified atom stereocenters. The lowest BCUT2D eigenvalue weighted by molar-refractivity contribution is 0.0937. The number of hydrogen-bond acceptors (Lipinski definition) is 4. The van der Waals surface area contributed by atoms with Crippen molar-refractivity contribution >= 4 is 5.91 Å². The standard InChI is InChI=1S/C12H19N5O/c1-17-5-4-8(7-17)6-13-12(18)11-14-10(15-16-11)9-2-3-9/h8-9H,2-7H2,1H3,(H,13,18)(H,14,15,16). The molecule has 1 amide bonds. The van der Waals surface area contributed by atoms with E-state index in [1.54, 1.807) is 0 Å². The van der Waals surface area contributed by atoms with Gasteiger partial charge >= 0.3 is 0 Å². The predicted molar refractivity (Wildman–Crippen MR) is 66.3 cm³/mol. The highest BCUT2D eigenvalue weighted by Crippen LogP contribution is 2.37. The fraction of sp³-hybridized carbons (Fsp3) is 0.750. The van der Waals surface area contributed by atoms with E-state index >= 15 is 0 Å². The molecule has 3 rings (SSSR count). The normalized spacial score (nSPS) is 24.4. The minimum absolute atomic E-state index is 0.160. The molecular weight excluding hydrogens is 230 g/mol. The van der Waals surface area contributed by atoms with Gasteiger partial charge in [0.15, 0.2) is 0 Å². The first kappa shape index (κ1) is 11.6. The van der Waals surface area contributed by atoms with Crippen LogP contribution in [0.5, 0.6) is 0 Å². The molecular formula is C12H19N5O. The van der Waals surface area contributed by atoms with E-state index in [0.29, 0.717) is 11.8 Å². The molecule has 1 saturated heterocycles. The van der Waals surface area contributed by atoms with Crippen LogP contribution in [0.25, 0.3) is 0 Å². The van der Waals surface area contributed by atoms with E-state index in [-0.39, 0.29) is 11.7 Å². The molecule has 1 aliphatic heterocycles. The number of amides is 1. The maximum absolute atomic E-state index is 11.9. The first-order valence-electron chi connectivity index (χ1n) is 6.61. The molecule has 0 spiro atoms. The molecule has 1 aromatic rings. The van der Waals surface area contributed by atoms with Crippen LogP contribution in [0.1, 0.15) is 41.6 Å². The van der Waals surface area contributed by atoms with Crippen molar-refractivity contribution < 1.29 is 4.79 Å². The molecule has 0 radical (unpaired) electrons. The number of rotatable bonds is 4. The number of aromatic nitrogens is 3. The topological polar surface area (TPSA) is 73.9 Å². The van der Waals surface area contributed by atoms with Gasteiger partial charge in [-0.05, 0) is 38.8 Å². The van der Waals surface area contributed by atoms with Crippen LogP contribution in [0.15, 0.2) is 0 Å². The van der Waals surface area contributed by atoms with Gasteiger partial charge in [-0.3, -0.25) is 9.89 Å². The van der Waals surface area contributed by atoms with E-state index in [0.717, 1.165) is 44.7 Å². The van der Waals surface area contributed by atoms with Gasteiger partial charge in [-0.2, -0.15) is 0 Å². The molecule has 1 atom stereocenters. The summed E-state index contributed by atoms with van der Waals surface area (Å²) in [5, 5.41) is 9.76. The summed E-state index contributed by atoms with van der Waals surface area (Å²) in [5.41, 5.74) is 0. The van der Waals surface area contributed by atoms with Crippen molar-refractivity contribution in [2.24, 2.45) is 5.92 Å². The summed E-state index contributed by atoms with van der Waals surface area (Å²) >= 11 is 0. The monoisotopic (exact) mass is 249 g/mol. The molecule has 1 aromatic heterocycles. The number of nitrogens with zero attached hydrogens (tertiary/aromatic N) is 3. The number of carbonyl (C=O) groups is 1. The third-order valence-electron chi connectivity index (χ3n) is 3.71. The van der Waals surface area contributed by atoms with E-state index in [1.165, 1.54) is 0 Å². The molecule has 2 heterocycles. The second kappa shape index (κ2) is 4.68. The van der Waals surface area contributed by atoms with Crippen LogP contribution in [0.4, 0.5) is 0 Å². The fourth-order valence-corrected chi connectivity index (χ4v) is 2.42. The van der Waals surface area contributed by atoms with Crippen molar-refractivity contribution in [3.05, 3.63) is 11.6 Å². The smallest absolute Gasteiger partial charge is 0.290 e. The lowest BCUT2D eigenvalue weighted by atomic mass is 10.1. The highest BCUT2D eigenvalue weighted by atomic mass is 16.2. The van der Waals surface area contributed by atoms with E-state index < -0.39 is 0 Å². The van der Waals surface area contributed by atoms with Gasteiger partial charge in [-0.25, -0.2) is 4.98 Å². The van der Waals surface area contributed by atoms with Gasteiger partial charge in [-0.1, -0.05) is 0 Å². The maximum Gasteiger partial charge on any atom is 0.290 e. The molecule has 1 aliphatic carbocycles. The summed E-state index contributed by atoms with van der Waals surface area (Å²) in [7, 11) is 2.11. The quantitative estimate of drug-likeness (QED) is 0.808. The SMILES string of the molecule is CN1CCC(CNC(=O)c2n[nH]c(C3CC3)n2)C1. The van der Waals surface area contributed by atoms with Gasteiger partial charge in [0, 0.05) is 19.0 Å². The van der Waals surface area contributed by atoms with Gasteiger partial charge in [0.1, 0.15) is 5.82 Å². The third kappa shape index (κ3) is 2.53. The molecule has 2 fully saturated rings. The Kier molecular flexibility index (Phi) is 3.03. The van der Waals surface area contributed by atoms with Crippen molar-refractivity contribution in [2.45, 2.75) is 25.2 Å². The van der Waals surface area contributed by atoms with Crippen molar-refractivity contribution in [2.75, 3.05) is 26.7 Å². The number of likely N-dealkylation sites (tertiary alicyclic amines) is 1. The maximum atomic E-state index is 11.9. The largest absolute Gasteiger partial charge is 0.349 e. The Balaban J connectivity index is 1.50. The van der Waals surface area contributed by atoms with E-state index in [2.05, 4.69) is 32.4 Å². The zero-order valence-corrected chi connectivity index (χ0v) is 10.6. The Bertz CT molecular complexity index is 439. The summed E-state index contributed by atoms with van der Waals surface area (Å²) in [5.74, 6) is 2.04. The highest BCUT2D eigenvalue weighted by molar-refractivity contribution is 5.90. The number of aromatic amines is 1. The van der Waals surface area contributed by atoms with Crippen molar-refractivity contribution in [1.29, 1.82) is 0 Å². The predicted octanol–water partition coefficient (Wildman–Crippen LogP) is 0.364. The summed E-state index contributed by atoms with van der Waals surface area (Å²) < 4.78 is 0. The summed E-state index contributed by atoms with van der Waals surface area (Å²) in [6, 6.07) is 0. The van der Waals surface area contributed by atoms with Crippen molar-refractivity contribution in [1.82, 2.24) is 25.4 Å². The summed E-state index contributed by atoms with van der Waals surface area (Å²) in [6.07, 6.45) is 3.47. The van der Waals surface area contributed by atoms with Crippen molar-refractivity contribution in [3.8, 4) is 0 Å². The highest BCUT2D eigenvalue weighted by Gasteiger charge is 2.28. The van der Waals surface area contributed by atoms with Gasteiger partial charge in [0.2, 0.25) is 5.82 Å². The fourth-order valence-electron chi connectivity index (χ4n) is 2.42. The molecule has 0 bridgehead atoms. The summed E-state index contributed by atoms with van der Waals surface area (Å²) in [6.45, 7) is 2.89. The molecule has 98 valence electrons. The van der Waals surface area contributed by atoms with Crippen LogP contribution in [0.3, 0.4) is 0 Å². The number of nitrogens with one attached hydrogen (secondary N) is 2. The second-order valence-electron chi connectivity index (χ2n) is 5.45. The minimum atomic E-state index is -0.160. The number of hydrogen-bond donors (Lipinski definition) is 2. The van der Waals surface area contributed by atoms with E-state index in [9.17, 15) is 4.79 Å². The van der Waals surface area contributed by atoms with Crippen LogP contribution in [0, 0.1) is 5.92 Å². The lowest BCUT2D eigenvalue weighted by Crippen LogP contribution is -2.31. The molecule has 1 saturated carbocycles. The average molecular weight is 249 g/mol. The van der Waals surface area contributed by atoms with Gasteiger partial charge in [0.05, 0.1) is 0 Å². The molecule has 2 aliphatic rings. The molecule has 0 aromatic carbocycles. The minimum Gasteiger partial charge on any atom is -0.349 e. The van der Waals surface area contributed by atoms with Crippen LogP contribution < -0.4 is 5.32 Å². The molecule has 6 heteroatoms. The Labute approximate surface area is 106 Å². The van der Waals surface area contributed by atoms with Crippen LogP contribution >= 0.6 is 0 Å². The number of H-pyrrole nitrogens is 1. The zero-order valence-electron chi connectivity index (χ0n) is 10.6. The first-order chi connectivity index (χ1) is 8.72. The van der Waals surface area contributed by atoms with Crippen LogP contribution in [-0.4, -0.2) is 52.7 Å². The first-order valence-corrected chi connectivity index (χ1v) is 6.61. The van der Waals surface area contributed by atoms with Crippen LogP contribution in [-0.2, 0) is 0 Å². The van der Waals surface area contributed by atoms with E-state index in [4.69, 9.17) is 0 Å². The van der Waals surface area contributed by atoms with Crippen LogP contribution in [0.2, 0.25) is 0 Å². The zero-order chi connectivity index (χ0) is 12.5. The Morgan fingerprint density at radius 1 is 1.50 bits per heavy atom. The molecule has 2 N–H and O–H groups in total. The van der Waals surface area contributed by atoms with Crippen molar-refractivity contribution in [3.63, 3.8) is 0 Å². The number of carbonyl (C=O) groups excluding carboxylic acids is 1. The van der Waals surface area contributed by atoms with Gasteiger partial charge < -0.3 is 10.2 Å². The summed E-state index contributed by atoms with van der Waals surface area (Å²) in [4.78, 5) is 18.4. The molecule has 6 nitrogen and oxygen atoms in total. The lowest BCUT2D eigenvalue weighted by Gasteiger charge is -2.10. The van der Waals surface area contributed by atoms with E-state index in [1.807, 2.05) is 0 Å². The molecule has 18 heavy (non-hydrogen) atoms. The average Bonchev–Trinajstić information content (AvgIpc) is 2.94. The third-order valence-corrected chi connectivity index (χ3v) is 3.71. The Hall–Kier alpha value is -1.43. The Morgan fingerprint density at radius 2 is 2.33 bits per heavy atom. The van der Waals surface area contributed by atoms with Gasteiger partial charge in [-0.15, -0.1) is 5.10 Å². The van der Waals surface area contributed by atoms with Gasteiger partial charge in [0.25, 0.3) is 5.91 Å². The Morgan fingerprint density at radius 3 is 3.00 bits per heavy atom. The second-order valence-corrected chi connectivity index (χ2v) is 5.45.